The largest absolute Gasteiger partial charge is 0.314 e. The van der Waals surface area contributed by atoms with Crippen molar-refractivity contribution >= 4 is 38.3 Å². The second kappa shape index (κ2) is 6.21. The van der Waals surface area contributed by atoms with Crippen LogP contribution in [0.3, 0.4) is 0 Å². The molecule has 100 valence electrons. The molecule has 1 aromatic rings. The molecule has 1 saturated carbocycles. The number of para-hydroxylation sites is 1. The molecule has 0 bridgehead atoms. The molecule has 2 rings (SSSR count). The molecule has 0 atom stereocenters. The van der Waals surface area contributed by atoms with Crippen molar-refractivity contribution in [2.24, 2.45) is 0 Å². The summed E-state index contributed by atoms with van der Waals surface area (Å²) in [6.45, 7) is 0.775. The molecule has 6 heteroatoms. The fraction of sp³-hybridized carbons (Fsp3) is 0.500. The van der Waals surface area contributed by atoms with Crippen LogP contribution in [0, 0.1) is 3.57 Å². The fourth-order valence-electron chi connectivity index (χ4n) is 1.62. The van der Waals surface area contributed by atoms with E-state index < -0.39 is 10.0 Å². The van der Waals surface area contributed by atoms with Gasteiger partial charge in [-0.3, -0.25) is 4.72 Å². The summed E-state index contributed by atoms with van der Waals surface area (Å²) in [5, 5.41) is 3.31. The van der Waals surface area contributed by atoms with Crippen molar-refractivity contribution in [2.75, 3.05) is 17.0 Å². The fourth-order valence-corrected chi connectivity index (χ4v) is 3.46. The Labute approximate surface area is 122 Å². The molecule has 1 fully saturated rings. The van der Waals surface area contributed by atoms with Gasteiger partial charge in [0.2, 0.25) is 10.0 Å². The molecule has 2 N–H and O–H groups in total. The first-order valence-corrected chi connectivity index (χ1v) is 8.78. The third-order valence-electron chi connectivity index (χ3n) is 2.74. The Hall–Kier alpha value is -0.340. The Kier molecular flexibility index (Phi) is 4.85. The first kappa shape index (κ1) is 14.1. The van der Waals surface area contributed by atoms with Gasteiger partial charge in [-0.2, -0.15) is 0 Å². The lowest BCUT2D eigenvalue weighted by molar-refractivity contribution is 0.593. The third-order valence-corrected chi connectivity index (χ3v) is 5.04. The number of anilines is 1. The quantitative estimate of drug-likeness (QED) is 0.563. The van der Waals surface area contributed by atoms with Crippen LogP contribution in [0.5, 0.6) is 0 Å². The van der Waals surface area contributed by atoms with Crippen molar-refractivity contribution in [3.8, 4) is 0 Å². The first-order chi connectivity index (χ1) is 8.57. The molecule has 0 amide bonds. The van der Waals surface area contributed by atoms with Crippen molar-refractivity contribution in [1.29, 1.82) is 0 Å². The maximum atomic E-state index is 11.9. The number of halogens is 1. The highest BCUT2D eigenvalue weighted by Gasteiger charge is 2.20. The summed E-state index contributed by atoms with van der Waals surface area (Å²) in [7, 11) is -3.23. The van der Waals surface area contributed by atoms with Gasteiger partial charge in [-0.1, -0.05) is 12.1 Å². The highest BCUT2D eigenvalue weighted by atomic mass is 127. The predicted octanol–water partition coefficient (Wildman–Crippen LogP) is 2.17. The zero-order valence-electron chi connectivity index (χ0n) is 10.0. The van der Waals surface area contributed by atoms with E-state index in [0.717, 1.165) is 10.1 Å². The van der Waals surface area contributed by atoms with E-state index in [9.17, 15) is 8.42 Å². The SMILES string of the molecule is O=S(=O)(CCCNC1CC1)Nc1ccccc1I. The molecule has 0 radical (unpaired) electrons. The summed E-state index contributed by atoms with van der Waals surface area (Å²) in [6, 6.07) is 8.01. The minimum Gasteiger partial charge on any atom is -0.314 e. The van der Waals surface area contributed by atoms with Crippen LogP contribution < -0.4 is 10.0 Å². The molecule has 18 heavy (non-hydrogen) atoms. The van der Waals surface area contributed by atoms with Gasteiger partial charge in [0.05, 0.1) is 11.4 Å². The third kappa shape index (κ3) is 4.74. The van der Waals surface area contributed by atoms with Gasteiger partial charge in [0, 0.05) is 9.61 Å². The predicted molar refractivity (Wildman–Crippen MR) is 82.2 cm³/mol. The molecular formula is C12H17IN2O2S. The van der Waals surface area contributed by atoms with Crippen LogP contribution in [0.4, 0.5) is 5.69 Å². The Morgan fingerprint density at radius 3 is 2.67 bits per heavy atom. The highest BCUT2D eigenvalue weighted by Crippen LogP contribution is 2.19. The summed E-state index contributed by atoms with van der Waals surface area (Å²) in [5.74, 6) is 0.164. The van der Waals surface area contributed by atoms with E-state index in [1.54, 1.807) is 6.07 Å². The van der Waals surface area contributed by atoms with E-state index in [1.807, 2.05) is 18.2 Å². The standard InChI is InChI=1S/C12H17IN2O2S/c13-11-4-1-2-5-12(11)15-18(16,17)9-3-8-14-10-6-7-10/h1-2,4-5,10,14-15H,3,6-9H2. The van der Waals surface area contributed by atoms with Crippen LogP contribution in [-0.2, 0) is 10.0 Å². The Bertz CT molecular complexity index is 501. The second-order valence-corrected chi connectivity index (χ2v) is 7.49. The maximum absolute atomic E-state index is 11.9. The molecule has 0 spiro atoms. The zero-order valence-corrected chi connectivity index (χ0v) is 13.0. The molecule has 0 aliphatic heterocycles. The maximum Gasteiger partial charge on any atom is 0.232 e. The Morgan fingerprint density at radius 2 is 2.00 bits per heavy atom. The van der Waals surface area contributed by atoms with Gasteiger partial charge in [0.25, 0.3) is 0 Å². The lowest BCUT2D eigenvalue weighted by Crippen LogP contribution is -2.23. The van der Waals surface area contributed by atoms with Crippen LogP contribution in [-0.4, -0.2) is 26.8 Å². The van der Waals surface area contributed by atoms with Gasteiger partial charge in [-0.25, -0.2) is 8.42 Å². The second-order valence-electron chi connectivity index (χ2n) is 4.48. The van der Waals surface area contributed by atoms with Gasteiger partial charge in [-0.05, 0) is 60.5 Å². The van der Waals surface area contributed by atoms with Crippen molar-refractivity contribution in [3.05, 3.63) is 27.8 Å². The Morgan fingerprint density at radius 1 is 1.28 bits per heavy atom. The lowest BCUT2D eigenvalue weighted by atomic mass is 10.3. The summed E-state index contributed by atoms with van der Waals surface area (Å²) in [5.41, 5.74) is 0.660. The number of benzene rings is 1. The number of sulfonamides is 1. The average molecular weight is 380 g/mol. The highest BCUT2D eigenvalue weighted by molar-refractivity contribution is 14.1. The molecular weight excluding hydrogens is 363 g/mol. The number of rotatable bonds is 7. The minimum absolute atomic E-state index is 0.164. The zero-order chi connectivity index (χ0) is 13.0. The van der Waals surface area contributed by atoms with Gasteiger partial charge >= 0.3 is 0 Å². The van der Waals surface area contributed by atoms with E-state index in [0.29, 0.717) is 18.2 Å². The van der Waals surface area contributed by atoms with Gasteiger partial charge < -0.3 is 5.32 Å². The smallest absolute Gasteiger partial charge is 0.232 e. The van der Waals surface area contributed by atoms with E-state index in [4.69, 9.17) is 0 Å². The van der Waals surface area contributed by atoms with Gasteiger partial charge in [0.1, 0.15) is 0 Å². The van der Waals surface area contributed by atoms with E-state index >= 15 is 0 Å². The number of hydrogen-bond acceptors (Lipinski definition) is 3. The number of nitrogens with one attached hydrogen (secondary N) is 2. The summed E-state index contributed by atoms with van der Waals surface area (Å²) < 4.78 is 27.3. The van der Waals surface area contributed by atoms with Crippen LogP contribution >= 0.6 is 22.6 Å². The topological polar surface area (TPSA) is 58.2 Å². The van der Waals surface area contributed by atoms with Crippen LogP contribution in [0.2, 0.25) is 0 Å². The minimum atomic E-state index is -3.23. The lowest BCUT2D eigenvalue weighted by Gasteiger charge is -2.09. The first-order valence-electron chi connectivity index (χ1n) is 6.05. The molecule has 1 aliphatic carbocycles. The van der Waals surface area contributed by atoms with E-state index in [-0.39, 0.29) is 5.75 Å². The summed E-state index contributed by atoms with van der Waals surface area (Å²) in [4.78, 5) is 0. The van der Waals surface area contributed by atoms with Crippen LogP contribution in [0.1, 0.15) is 19.3 Å². The molecule has 0 aromatic heterocycles. The van der Waals surface area contributed by atoms with Gasteiger partial charge in [0.15, 0.2) is 0 Å². The van der Waals surface area contributed by atoms with Crippen molar-refractivity contribution in [2.45, 2.75) is 25.3 Å². The number of hydrogen-bond donors (Lipinski definition) is 2. The Balaban J connectivity index is 1.80. The van der Waals surface area contributed by atoms with E-state index in [1.165, 1.54) is 12.8 Å². The summed E-state index contributed by atoms with van der Waals surface area (Å²) in [6.07, 6.45) is 3.11. The normalized spacial score (nSPS) is 15.6. The molecule has 0 heterocycles. The summed E-state index contributed by atoms with van der Waals surface area (Å²) >= 11 is 2.12. The molecule has 4 nitrogen and oxygen atoms in total. The molecule has 0 saturated heterocycles. The van der Waals surface area contributed by atoms with Crippen molar-refractivity contribution in [1.82, 2.24) is 5.32 Å². The molecule has 1 aliphatic rings. The van der Waals surface area contributed by atoms with Gasteiger partial charge in [-0.15, -0.1) is 0 Å². The van der Waals surface area contributed by atoms with Crippen molar-refractivity contribution < 1.29 is 8.42 Å². The van der Waals surface area contributed by atoms with Crippen molar-refractivity contribution in [3.63, 3.8) is 0 Å². The average Bonchev–Trinajstić information content (AvgIpc) is 3.12. The molecule has 1 aromatic carbocycles. The monoisotopic (exact) mass is 380 g/mol. The van der Waals surface area contributed by atoms with Crippen LogP contribution in [0.15, 0.2) is 24.3 Å². The van der Waals surface area contributed by atoms with E-state index in [2.05, 4.69) is 32.6 Å². The van der Waals surface area contributed by atoms with Crippen LogP contribution in [0.25, 0.3) is 0 Å². The molecule has 0 unspecified atom stereocenters.